The second-order valence-corrected chi connectivity index (χ2v) is 7.86. The molecule has 1 unspecified atom stereocenters. The van der Waals surface area contributed by atoms with Crippen LogP contribution in [0.25, 0.3) is 10.9 Å². The number of aromatic nitrogens is 2. The van der Waals surface area contributed by atoms with Crippen LogP contribution < -0.4 is 15.8 Å². The monoisotopic (exact) mass is 423 g/mol. The smallest absolute Gasteiger partial charge is 0.279 e. The Kier molecular flexibility index (Phi) is 7.92. The van der Waals surface area contributed by atoms with E-state index in [1.165, 1.54) is 5.56 Å². The minimum atomic E-state index is -0.169. The first-order valence-electron chi connectivity index (χ1n) is 10.7. The number of nitrogens with zero attached hydrogens (tertiary/aromatic N) is 1. The molecule has 7 nitrogen and oxygen atoms in total. The van der Waals surface area contributed by atoms with E-state index in [9.17, 15) is 9.59 Å². The van der Waals surface area contributed by atoms with Crippen LogP contribution in [0.1, 0.15) is 37.6 Å². The molecule has 0 aliphatic heterocycles. The Balaban J connectivity index is 1.68. The summed E-state index contributed by atoms with van der Waals surface area (Å²) in [5, 5.41) is 3.53. The molecule has 0 aliphatic carbocycles. The number of nitrogens with one attached hydrogen (secondary N) is 3. The summed E-state index contributed by atoms with van der Waals surface area (Å²) in [5.74, 6) is 0.960. The second-order valence-electron chi connectivity index (χ2n) is 7.86. The number of hydrogen-bond donors (Lipinski definition) is 3. The molecule has 3 rings (SSSR count). The van der Waals surface area contributed by atoms with Gasteiger partial charge in [0.1, 0.15) is 13.1 Å². The maximum absolute atomic E-state index is 12.7. The van der Waals surface area contributed by atoms with Gasteiger partial charge in [-0.15, -0.1) is 0 Å². The SMILES string of the molecule is CC[C@@H](C)c1ccc(NC(=O)C[NH+](CCOC)Cc2nc3ccccc3c(=O)[nH]2)cc1. The Hall–Kier alpha value is -3.03. The summed E-state index contributed by atoms with van der Waals surface area (Å²) >= 11 is 0. The van der Waals surface area contributed by atoms with E-state index in [0.717, 1.165) is 17.0 Å². The molecule has 0 fully saturated rings. The number of benzene rings is 2. The lowest BCUT2D eigenvalue weighted by Crippen LogP contribution is -3.12. The van der Waals surface area contributed by atoms with Crippen LogP contribution in [0.4, 0.5) is 5.69 Å². The largest absolute Gasteiger partial charge is 0.379 e. The highest BCUT2D eigenvalue weighted by atomic mass is 16.5. The van der Waals surface area contributed by atoms with Crippen molar-refractivity contribution in [3.63, 3.8) is 0 Å². The number of para-hydroxylation sites is 1. The summed E-state index contributed by atoms with van der Waals surface area (Å²) in [5.41, 5.74) is 2.52. The number of amides is 1. The predicted octanol–water partition coefficient (Wildman–Crippen LogP) is 2.11. The van der Waals surface area contributed by atoms with Crippen LogP contribution in [-0.4, -0.2) is 42.7 Å². The van der Waals surface area contributed by atoms with E-state index in [4.69, 9.17) is 4.74 Å². The van der Waals surface area contributed by atoms with Crippen molar-refractivity contribution in [1.82, 2.24) is 9.97 Å². The van der Waals surface area contributed by atoms with Crippen LogP contribution in [-0.2, 0) is 16.1 Å². The van der Waals surface area contributed by atoms with Crippen molar-refractivity contribution in [3.8, 4) is 0 Å². The van der Waals surface area contributed by atoms with Crippen LogP contribution >= 0.6 is 0 Å². The van der Waals surface area contributed by atoms with Crippen molar-refractivity contribution < 1.29 is 14.4 Å². The number of carbonyl (C=O) groups is 1. The molecule has 7 heteroatoms. The number of aromatic amines is 1. The molecule has 3 aromatic rings. The van der Waals surface area contributed by atoms with Gasteiger partial charge in [-0.2, -0.15) is 0 Å². The number of fused-ring (bicyclic) bond motifs is 1. The number of hydrogen-bond acceptors (Lipinski definition) is 4. The van der Waals surface area contributed by atoms with Gasteiger partial charge in [0.2, 0.25) is 0 Å². The Labute approximate surface area is 182 Å². The van der Waals surface area contributed by atoms with Crippen molar-refractivity contribution in [2.24, 2.45) is 0 Å². The van der Waals surface area contributed by atoms with E-state index in [-0.39, 0.29) is 18.0 Å². The van der Waals surface area contributed by atoms with Gasteiger partial charge in [-0.25, -0.2) is 4.98 Å². The predicted molar refractivity (Wildman–Crippen MR) is 122 cm³/mol. The molecule has 0 saturated heterocycles. The molecule has 0 aliphatic rings. The highest BCUT2D eigenvalue weighted by Crippen LogP contribution is 2.20. The molecule has 1 amide bonds. The van der Waals surface area contributed by atoms with Gasteiger partial charge in [0.05, 0.1) is 17.5 Å². The number of anilines is 1. The fraction of sp³-hybridized carbons (Fsp3) is 0.375. The number of H-pyrrole nitrogens is 1. The minimum Gasteiger partial charge on any atom is -0.379 e. The first-order valence-corrected chi connectivity index (χ1v) is 10.7. The Bertz CT molecular complexity index is 1060. The summed E-state index contributed by atoms with van der Waals surface area (Å²) in [6.45, 7) is 6.14. The molecular weight excluding hydrogens is 392 g/mol. The molecule has 2 atom stereocenters. The summed E-state index contributed by atoms with van der Waals surface area (Å²) in [6.07, 6.45) is 1.08. The molecule has 1 heterocycles. The van der Waals surface area contributed by atoms with Crippen molar-refractivity contribution in [2.45, 2.75) is 32.7 Å². The molecule has 0 radical (unpaired) electrons. The van der Waals surface area contributed by atoms with Crippen LogP contribution in [0.3, 0.4) is 0 Å². The summed E-state index contributed by atoms with van der Waals surface area (Å²) in [6, 6.07) is 15.2. The maximum atomic E-state index is 12.7. The van der Waals surface area contributed by atoms with Gasteiger partial charge in [0.15, 0.2) is 12.4 Å². The molecule has 0 spiro atoms. The number of carbonyl (C=O) groups excluding carboxylic acids is 1. The van der Waals surface area contributed by atoms with Gasteiger partial charge in [-0.05, 0) is 42.2 Å². The zero-order valence-corrected chi connectivity index (χ0v) is 18.4. The third kappa shape index (κ3) is 6.23. The van der Waals surface area contributed by atoms with E-state index in [1.54, 1.807) is 13.2 Å². The Morgan fingerprint density at radius 3 is 2.65 bits per heavy atom. The molecule has 0 bridgehead atoms. The van der Waals surface area contributed by atoms with E-state index >= 15 is 0 Å². The van der Waals surface area contributed by atoms with Gasteiger partial charge in [-0.1, -0.05) is 38.1 Å². The highest BCUT2D eigenvalue weighted by molar-refractivity contribution is 5.91. The lowest BCUT2D eigenvalue weighted by molar-refractivity contribution is -0.906. The maximum Gasteiger partial charge on any atom is 0.279 e. The van der Waals surface area contributed by atoms with Crippen molar-refractivity contribution in [2.75, 3.05) is 32.1 Å². The van der Waals surface area contributed by atoms with Crippen LogP contribution in [0, 0.1) is 0 Å². The van der Waals surface area contributed by atoms with Gasteiger partial charge >= 0.3 is 0 Å². The number of methoxy groups -OCH3 is 1. The molecular formula is C24H31N4O3+. The first-order chi connectivity index (χ1) is 15.0. The van der Waals surface area contributed by atoms with Crippen molar-refractivity contribution in [3.05, 3.63) is 70.3 Å². The molecule has 0 saturated carbocycles. The van der Waals surface area contributed by atoms with Gasteiger partial charge in [-0.3, -0.25) is 9.59 Å². The normalized spacial score (nSPS) is 13.1. The Morgan fingerprint density at radius 2 is 1.94 bits per heavy atom. The lowest BCUT2D eigenvalue weighted by atomic mass is 9.99. The lowest BCUT2D eigenvalue weighted by Gasteiger charge is -2.18. The van der Waals surface area contributed by atoms with Crippen LogP contribution in [0.2, 0.25) is 0 Å². The molecule has 2 aromatic carbocycles. The average Bonchev–Trinajstić information content (AvgIpc) is 2.77. The average molecular weight is 424 g/mol. The van der Waals surface area contributed by atoms with Gasteiger partial charge < -0.3 is 19.9 Å². The van der Waals surface area contributed by atoms with Gasteiger partial charge in [0.25, 0.3) is 11.5 Å². The minimum absolute atomic E-state index is 0.0921. The zero-order valence-electron chi connectivity index (χ0n) is 18.4. The van der Waals surface area contributed by atoms with E-state index in [0.29, 0.717) is 42.3 Å². The fourth-order valence-corrected chi connectivity index (χ4v) is 3.50. The van der Waals surface area contributed by atoms with E-state index < -0.39 is 0 Å². The number of quaternary nitrogens is 1. The molecule has 31 heavy (non-hydrogen) atoms. The number of rotatable bonds is 10. The highest BCUT2D eigenvalue weighted by Gasteiger charge is 2.17. The summed E-state index contributed by atoms with van der Waals surface area (Å²) in [7, 11) is 1.63. The van der Waals surface area contributed by atoms with Crippen LogP contribution in [0.5, 0.6) is 0 Å². The third-order valence-electron chi connectivity index (χ3n) is 5.53. The Morgan fingerprint density at radius 1 is 1.19 bits per heavy atom. The first kappa shape index (κ1) is 22.7. The quantitative estimate of drug-likeness (QED) is 0.466. The zero-order chi connectivity index (χ0) is 22.2. The summed E-state index contributed by atoms with van der Waals surface area (Å²) < 4.78 is 5.21. The van der Waals surface area contributed by atoms with Crippen molar-refractivity contribution >= 4 is 22.5 Å². The number of ether oxygens (including phenoxy) is 1. The third-order valence-corrected chi connectivity index (χ3v) is 5.53. The summed E-state index contributed by atoms with van der Waals surface area (Å²) in [4.78, 5) is 33.4. The van der Waals surface area contributed by atoms with E-state index in [2.05, 4.69) is 41.3 Å². The van der Waals surface area contributed by atoms with Crippen molar-refractivity contribution in [1.29, 1.82) is 0 Å². The molecule has 3 N–H and O–H groups in total. The fourth-order valence-electron chi connectivity index (χ4n) is 3.50. The second kappa shape index (κ2) is 10.8. The van der Waals surface area contributed by atoms with Crippen LogP contribution in [0.15, 0.2) is 53.3 Å². The molecule has 1 aromatic heterocycles. The van der Waals surface area contributed by atoms with E-state index in [1.807, 2.05) is 30.3 Å². The van der Waals surface area contributed by atoms with Gasteiger partial charge in [0, 0.05) is 12.8 Å². The molecule has 164 valence electrons. The topological polar surface area (TPSA) is 88.5 Å². The standard InChI is InChI=1S/C24H30N4O3/c1-4-17(2)18-9-11-19(12-10-18)25-23(29)16-28(13-14-31-3)15-22-26-21-8-6-5-7-20(21)24(30)27-22/h5-12,17H,4,13-16H2,1-3H3,(H,25,29)(H,26,27,30)/p+1/t17-/m1/s1.